The highest BCUT2D eigenvalue weighted by Crippen LogP contribution is 2.22. The summed E-state index contributed by atoms with van der Waals surface area (Å²) in [4.78, 5) is 136. The number of carboxylic acids is 1. The highest BCUT2D eigenvalue weighted by molar-refractivity contribution is 5.98. The molecule has 8 atom stereocenters. The number of amides is 7. The molecule has 436 valence electrons. The predicted molar refractivity (Wildman–Crippen MR) is 290 cm³/mol. The molecule has 7 amide bonds. The molecule has 1 aromatic heterocycles. The maximum absolute atomic E-state index is 14.5. The summed E-state index contributed by atoms with van der Waals surface area (Å²) in [5.74, 6) is -6.89. The number of aliphatic carboxylic acids is 1. The minimum Gasteiger partial charge on any atom is -0.480 e. The minimum atomic E-state index is -1.36. The minimum absolute atomic E-state index is 0.0186. The Kier molecular flexibility index (Phi) is 27.9. The van der Waals surface area contributed by atoms with Gasteiger partial charge in [-0.05, 0) is 103 Å². The molecule has 78 heavy (non-hydrogen) atoms. The third-order valence-corrected chi connectivity index (χ3v) is 12.9. The number of rotatable bonds is 35. The Balaban J connectivity index is 1.91. The number of aliphatic imine (C=N–C) groups is 4. The summed E-state index contributed by atoms with van der Waals surface area (Å²) in [5.41, 5.74) is 56.6. The molecule has 0 spiro atoms. The maximum Gasteiger partial charge on any atom is 0.326 e. The van der Waals surface area contributed by atoms with Crippen molar-refractivity contribution in [2.24, 2.45) is 77.3 Å². The highest BCUT2D eigenvalue weighted by atomic mass is 16.4. The number of imidazole rings is 1. The number of carboxylic acid groups (broad SMARTS) is 1. The smallest absolute Gasteiger partial charge is 0.326 e. The van der Waals surface area contributed by atoms with Gasteiger partial charge in [0.1, 0.15) is 42.3 Å². The quantitative estimate of drug-likeness (QED) is 0.0171. The molecule has 2 aliphatic heterocycles. The van der Waals surface area contributed by atoms with E-state index >= 15 is 0 Å². The van der Waals surface area contributed by atoms with E-state index in [0.717, 1.165) is 0 Å². The van der Waals surface area contributed by atoms with Gasteiger partial charge in [-0.3, -0.25) is 53.5 Å². The van der Waals surface area contributed by atoms with Crippen molar-refractivity contribution in [3.05, 3.63) is 18.2 Å². The molecule has 0 unspecified atom stereocenters. The van der Waals surface area contributed by atoms with E-state index in [1.54, 1.807) is 0 Å². The normalized spacial score (nSPS) is 17.2. The average Bonchev–Trinajstić information content (AvgIpc) is 4.24. The molecule has 1 aromatic rings. The molecule has 2 aliphatic rings. The van der Waals surface area contributed by atoms with E-state index in [2.05, 4.69) is 56.5 Å². The first-order valence-corrected chi connectivity index (χ1v) is 26.1. The standard InChI is InChI=1S/C46H83N23O9/c47-16-2-1-10-28(37(72)66-31(13-6-20-61-46(55)56)41(76)69-22-8-15-34(69)39(74)67-32(42(77)78)23-26-24-57-25-62-26)63-35(70)29(11-4-18-59-44(51)52)64-36(71)30(12-5-19-60-45(53)54)65-38(73)33-14-7-21-68(33)40(75)27(48)9-3-17-58-43(49)50/h24-25,27-34H,1-23,47-48H2,(H,57,62)(H,63,70)(H,64,71)(H,65,73)(H,66,72)(H,67,74)(H,77,78)(H4,49,50,58)(H4,51,52,59)(H4,53,54,60)(H4,55,56,61)/t27-,28-,29-,30-,31-,32-,33-,34-/m0/s1. The van der Waals surface area contributed by atoms with Crippen LogP contribution in [0.15, 0.2) is 32.5 Å². The van der Waals surface area contributed by atoms with E-state index in [1.807, 2.05) is 0 Å². The molecule has 0 radical (unpaired) electrons. The fraction of sp³-hybridized carbons (Fsp3) is 0.674. The van der Waals surface area contributed by atoms with Gasteiger partial charge in [0.15, 0.2) is 23.8 Å². The highest BCUT2D eigenvalue weighted by Gasteiger charge is 2.41. The Morgan fingerprint density at radius 1 is 0.564 bits per heavy atom. The summed E-state index contributed by atoms with van der Waals surface area (Å²) in [7, 11) is 0. The second-order valence-electron chi connectivity index (χ2n) is 19.0. The molecule has 3 rings (SSSR count). The van der Waals surface area contributed by atoms with Gasteiger partial charge in [-0.1, -0.05) is 0 Å². The van der Waals surface area contributed by atoms with Crippen LogP contribution in [0.3, 0.4) is 0 Å². The second kappa shape index (κ2) is 33.9. The fourth-order valence-corrected chi connectivity index (χ4v) is 8.90. The number of carbonyl (C=O) groups is 8. The van der Waals surface area contributed by atoms with E-state index in [4.69, 9.17) is 57.3 Å². The number of H-pyrrole nitrogens is 1. The Morgan fingerprint density at radius 2 is 0.962 bits per heavy atom. The molecule has 2 saturated heterocycles. The molecule has 0 aromatic carbocycles. The van der Waals surface area contributed by atoms with Gasteiger partial charge in [-0.15, -0.1) is 0 Å². The van der Waals surface area contributed by atoms with E-state index < -0.39 is 95.7 Å². The van der Waals surface area contributed by atoms with Gasteiger partial charge < -0.3 is 104 Å². The third kappa shape index (κ3) is 22.7. The third-order valence-electron chi connectivity index (χ3n) is 12.9. The van der Waals surface area contributed by atoms with Gasteiger partial charge in [-0.25, -0.2) is 9.78 Å². The van der Waals surface area contributed by atoms with Gasteiger partial charge in [0.2, 0.25) is 41.4 Å². The second-order valence-corrected chi connectivity index (χ2v) is 19.0. The Bertz CT molecular complexity index is 2250. The first-order valence-electron chi connectivity index (χ1n) is 26.1. The summed E-state index contributed by atoms with van der Waals surface area (Å²) in [6.45, 7) is 1.04. The monoisotopic (exact) mass is 1100 g/mol. The van der Waals surface area contributed by atoms with E-state index in [0.29, 0.717) is 37.8 Å². The number of nitrogens with zero attached hydrogens (tertiary/aromatic N) is 7. The molecule has 32 heteroatoms. The van der Waals surface area contributed by atoms with Crippen molar-refractivity contribution in [3.8, 4) is 0 Å². The molecule has 2 fully saturated rings. The van der Waals surface area contributed by atoms with Crippen LogP contribution in [-0.2, 0) is 44.8 Å². The number of aromatic amines is 1. The zero-order valence-corrected chi connectivity index (χ0v) is 44.2. The van der Waals surface area contributed by atoms with Crippen molar-refractivity contribution in [2.75, 3.05) is 45.8 Å². The largest absolute Gasteiger partial charge is 0.480 e. The van der Waals surface area contributed by atoms with Crippen LogP contribution in [0.25, 0.3) is 0 Å². The summed E-state index contributed by atoms with van der Waals surface area (Å²) in [6, 6.07) is -9.62. The summed E-state index contributed by atoms with van der Waals surface area (Å²) in [5, 5.41) is 23.4. The zero-order chi connectivity index (χ0) is 57.7. The van der Waals surface area contributed by atoms with Crippen molar-refractivity contribution in [2.45, 2.75) is 151 Å². The van der Waals surface area contributed by atoms with Crippen molar-refractivity contribution in [3.63, 3.8) is 0 Å². The van der Waals surface area contributed by atoms with Crippen LogP contribution in [0.4, 0.5) is 0 Å². The lowest BCUT2D eigenvalue weighted by Crippen LogP contribution is -2.60. The Morgan fingerprint density at radius 3 is 1.38 bits per heavy atom. The summed E-state index contributed by atoms with van der Waals surface area (Å²) in [6.07, 6.45) is 5.93. The Labute approximate surface area is 452 Å². The van der Waals surface area contributed by atoms with E-state index in [-0.39, 0.29) is 140 Å². The molecule has 3 heterocycles. The molecule has 0 aliphatic carbocycles. The number of carbonyl (C=O) groups excluding carboxylic acids is 7. The summed E-state index contributed by atoms with van der Waals surface area (Å²) < 4.78 is 0. The average molecular weight is 1100 g/mol. The van der Waals surface area contributed by atoms with Crippen LogP contribution in [0.1, 0.15) is 102 Å². The van der Waals surface area contributed by atoms with Crippen LogP contribution < -0.4 is 83.9 Å². The van der Waals surface area contributed by atoms with Crippen LogP contribution >= 0.6 is 0 Å². The summed E-state index contributed by atoms with van der Waals surface area (Å²) >= 11 is 0. The number of hydrogen-bond acceptors (Lipinski definition) is 15. The van der Waals surface area contributed by atoms with Crippen LogP contribution in [0, 0.1) is 0 Å². The first-order chi connectivity index (χ1) is 37.1. The molecule has 0 saturated carbocycles. The number of nitrogens with two attached hydrogens (primary N) is 10. The molecular formula is C46H83N23O9. The van der Waals surface area contributed by atoms with Crippen LogP contribution in [-0.4, -0.2) is 190 Å². The van der Waals surface area contributed by atoms with Gasteiger partial charge in [0, 0.05) is 57.6 Å². The van der Waals surface area contributed by atoms with Gasteiger partial charge in [0.25, 0.3) is 0 Å². The van der Waals surface area contributed by atoms with E-state index in [1.165, 1.54) is 22.3 Å². The lowest BCUT2D eigenvalue weighted by atomic mass is 10.0. The zero-order valence-electron chi connectivity index (χ0n) is 44.2. The lowest BCUT2D eigenvalue weighted by molar-refractivity contribution is -0.145. The number of likely N-dealkylation sites (tertiary alicyclic amines) is 2. The molecular weight excluding hydrogens is 1020 g/mol. The van der Waals surface area contributed by atoms with Gasteiger partial charge in [-0.2, -0.15) is 0 Å². The maximum atomic E-state index is 14.5. The van der Waals surface area contributed by atoms with Crippen molar-refractivity contribution in [1.29, 1.82) is 0 Å². The number of unbranched alkanes of at least 4 members (excludes halogenated alkanes) is 1. The molecule has 32 nitrogen and oxygen atoms in total. The lowest BCUT2D eigenvalue weighted by Gasteiger charge is -2.31. The van der Waals surface area contributed by atoms with Crippen molar-refractivity contribution >= 4 is 71.2 Å². The van der Waals surface area contributed by atoms with E-state index in [9.17, 15) is 43.5 Å². The number of hydrogen-bond donors (Lipinski definition) is 17. The first kappa shape index (κ1) is 64.3. The Hall–Kier alpha value is -8.03. The number of nitrogens with one attached hydrogen (secondary N) is 6. The van der Waals surface area contributed by atoms with Crippen LogP contribution in [0.2, 0.25) is 0 Å². The fourth-order valence-electron chi connectivity index (χ4n) is 8.90. The van der Waals surface area contributed by atoms with Gasteiger partial charge in [0.05, 0.1) is 12.4 Å². The predicted octanol–water partition coefficient (Wildman–Crippen LogP) is -6.89. The molecule has 0 bridgehead atoms. The topological polar surface area (TPSA) is 562 Å². The van der Waals surface area contributed by atoms with Gasteiger partial charge >= 0.3 is 5.97 Å². The number of aromatic nitrogens is 2. The molecule has 27 N–H and O–H groups in total. The van der Waals surface area contributed by atoms with Crippen molar-refractivity contribution in [1.82, 2.24) is 46.4 Å². The van der Waals surface area contributed by atoms with Crippen LogP contribution in [0.5, 0.6) is 0 Å². The van der Waals surface area contributed by atoms with Crippen molar-refractivity contribution < 1.29 is 43.5 Å². The SMILES string of the molecule is NCCCC[C@H](NC(=O)[C@H](CCCN=C(N)N)NC(=O)[C@H](CCCN=C(N)N)NC(=O)[C@@H]1CCCN1C(=O)[C@@H](N)CCCN=C(N)N)C(=O)N[C@@H](CCCN=C(N)N)C(=O)N1CCC[C@H]1C(=O)N[C@@H](Cc1cnc[nH]1)C(=O)O. The number of guanidine groups is 4.